The molecule has 1 N–H and O–H groups in total. The Labute approximate surface area is 148 Å². The molecule has 0 atom stereocenters. The summed E-state index contributed by atoms with van der Waals surface area (Å²) in [6.07, 6.45) is 2.02. The van der Waals surface area contributed by atoms with Crippen molar-refractivity contribution in [2.24, 2.45) is 0 Å². The first-order valence-electron chi connectivity index (χ1n) is 8.28. The summed E-state index contributed by atoms with van der Waals surface area (Å²) in [6.45, 7) is 11.4. The van der Waals surface area contributed by atoms with Crippen LogP contribution in [0.1, 0.15) is 39.8 Å². The molecule has 0 aliphatic heterocycles. The summed E-state index contributed by atoms with van der Waals surface area (Å²) in [6, 6.07) is 7.30. The highest BCUT2D eigenvalue weighted by Gasteiger charge is 2.26. The van der Waals surface area contributed by atoms with Crippen LogP contribution in [0.15, 0.2) is 36.9 Å². The van der Waals surface area contributed by atoms with Crippen LogP contribution < -0.4 is 14.8 Å². The van der Waals surface area contributed by atoms with E-state index in [1.54, 1.807) is 19.1 Å². The molecular formula is C20H24N2O3. The lowest BCUT2D eigenvalue weighted by Gasteiger charge is -2.16. The minimum Gasteiger partial charge on any atom is -0.618 e. The number of amides is 1. The molecule has 0 aliphatic carbocycles. The summed E-state index contributed by atoms with van der Waals surface area (Å²) < 4.78 is 6.44. The van der Waals surface area contributed by atoms with Crippen molar-refractivity contribution < 1.29 is 14.3 Å². The Kier molecular flexibility index (Phi) is 5.80. The number of aryl methyl sites for hydroxylation is 2. The first kappa shape index (κ1) is 18.5. The van der Waals surface area contributed by atoms with Crippen LogP contribution in [0.2, 0.25) is 0 Å². The molecule has 0 saturated carbocycles. The lowest BCUT2D eigenvalue weighted by atomic mass is 10.1. The molecule has 1 aromatic carbocycles. The summed E-state index contributed by atoms with van der Waals surface area (Å²) in [5, 5.41) is 15.3. The number of pyridine rings is 1. The lowest BCUT2D eigenvalue weighted by Crippen LogP contribution is -2.38. The molecule has 5 heteroatoms. The second-order valence-electron chi connectivity index (χ2n) is 5.92. The number of ether oxygens (including phenoxy) is 1. The number of carbonyl (C=O) groups excluding carboxylic acids is 1. The second-order valence-corrected chi connectivity index (χ2v) is 5.92. The largest absolute Gasteiger partial charge is 0.618 e. The number of nitrogens with zero attached hydrogens (tertiary/aromatic N) is 1. The van der Waals surface area contributed by atoms with E-state index in [9.17, 15) is 10.0 Å². The first-order chi connectivity index (χ1) is 11.9. The molecule has 1 aromatic heterocycles. The molecule has 25 heavy (non-hydrogen) atoms. The van der Waals surface area contributed by atoms with Crippen LogP contribution >= 0.6 is 0 Å². The zero-order valence-electron chi connectivity index (χ0n) is 15.2. The van der Waals surface area contributed by atoms with Gasteiger partial charge in [0.15, 0.2) is 5.69 Å². The third kappa shape index (κ3) is 3.82. The fourth-order valence-electron chi connectivity index (χ4n) is 2.67. The molecule has 0 saturated heterocycles. The van der Waals surface area contributed by atoms with Gasteiger partial charge in [0.1, 0.15) is 17.9 Å². The van der Waals surface area contributed by atoms with E-state index in [-0.39, 0.29) is 18.1 Å². The SMILES string of the molecule is C=CCOc1cc(C)[n+]([O-])c(CC)c1C(=O)Nc1cccc(C)c1C. The Morgan fingerprint density at radius 2 is 2.08 bits per heavy atom. The fraction of sp³-hybridized carbons (Fsp3) is 0.300. The molecule has 1 amide bonds. The zero-order valence-corrected chi connectivity index (χ0v) is 15.2. The molecule has 0 fully saturated rings. The van der Waals surface area contributed by atoms with Gasteiger partial charge in [0.2, 0.25) is 5.69 Å². The molecule has 0 spiro atoms. The van der Waals surface area contributed by atoms with Gasteiger partial charge < -0.3 is 15.3 Å². The van der Waals surface area contributed by atoms with Crippen LogP contribution in [-0.4, -0.2) is 12.5 Å². The average molecular weight is 340 g/mol. The highest BCUT2D eigenvalue weighted by Crippen LogP contribution is 2.25. The molecule has 2 rings (SSSR count). The maximum absolute atomic E-state index is 12.9. The Morgan fingerprint density at radius 1 is 1.36 bits per heavy atom. The van der Waals surface area contributed by atoms with Crippen LogP contribution in [0, 0.1) is 26.0 Å². The van der Waals surface area contributed by atoms with E-state index in [0.717, 1.165) is 21.5 Å². The van der Waals surface area contributed by atoms with E-state index in [0.29, 0.717) is 23.6 Å². The smallest absolute Gasteiger partial charge is 0.265 e. The third-order valence-corrected chi connectivity index (χ3v) is 4.21. The van der Waals surface area contributed by atoms with Gasteiger partial charge >= 0.3 is 0 Å². The zero-order chi connectivity index (χ0) is 18.6. The lowest BCUT2D eigenvalue weighted by molar-refractivity contribution is -0.620. The van der Waals surface area contributed by atoms with Crippen LogP contribution in [0.5, 0.6) is 5.75 Å². The van der Waals surface area contributed by atoms with Gasteiger partial charge in [0.05, 0.1) is 0 Å². The van der Waals surface area contributed by atoms with Gasteiger partial charge in [0.25, 0.3) is 5.91 Å². The molecular weight excluding hydrogens is 316 g/mol. The van der Waals surface area contributed by atoms with Crippen molar-refractivity contribution >= 4 is 11.6 Å². The van der Waals surface area contributed by atoms with E-state index in [1.165, 1.54) is 0 Å². The summed E-state index contributed by atoms with van der Waals surface area (Å²) in [5.41, 5.74) is 3.94. The van der Waals surface area contributed by atoms with Crippen LogP contribution in [0.3, 0.4) is 0 Å². The molecule has 0 bridgehead atoms. The van der Waals surface area contributed by atoms with E-state index >= 15 is 0 Å². The van der Waals surface area contributed by atoms with Gasteiger partial charge in [-0.25, -0.2) is 0 Å². The average Bonchev–Trinajstić information content (AvgIpc) is 2.59. The van der Waals surface area contributed by atoms with E-state index < -0.39 is 0 Å². The van der Waals surface area contributed by atoms with Gasteiger partial charge in [-0.1, -0.05) is 31.7 Å². The molecule has 132 valence electrons. The molecule has 2 aromatic rings. The van der Waals surface area contributed by atoms with Gasteiger partial charge in [-0.3, -0.25) is 4.79 Å². The van der Waals surface area contributed by atoms with Crippen molar-refractivity contribution in [3.05, 3.63) is 70.2 Å². The van der Waals surface area contributed by atoms with E-state index in [2.05, 4.69) is 11.9 Å². The summed E-state index contributed by atoms with van der Waals surface area (Å²) in [4.78, 5) is 12.9. The number of nitrogens with one attached hydrogen (secondary N) is 1. The van der Waals surface area contributed by atoms with Crippen molar-refractivity contribution in [3.8, 4) is 5.75 Å². The minimum absolute atomic E-state index is 0.259. The molecule has 5 nitrogen and oxygen atoms in total. The summed E-state index contributed by atoms with van der Waals surface area (Å²) >= 11 is 0. The third-order valence-electron chi connectivity index (χ3n) is 4.21. The minimum atomic E-state index is -0.353. The number of carbonyl (C=O) groups is 1. The number of hydrogen-bond acceptors (Lipinski definition) is 3. The highest BCUT2D eigenvalue weighted by molar-refractivity contribution is 6.07. The maximum Gasteiger partial charge on any atom is 0.265 e. The molecule has 0 aliphatic rings. The Bertz CT molecular complexity index is 813. The van der Waals surface area contributed by atoms with Gasteiger partial charge in [0, 0.05) is 25.1 Å². The maximum atomic E-state index is 12.9. The van der Waals surface area contributed by atoms with Crippen molar-refractivity contribution in [3.63, 3.8) is 0 Å². The topological polar surface area (TPSA) is 65.3 Å². The number of aromatic nitrogens is 1. The number of benzene rings is 1. The molecule has 1 heterocycles. The van der Waals surface area contributed by atoms with Crippen molar-refractivity contribution in [1.29, 1.82) is 0 Å². The normalized spacial score (nSPS) is 10.4. The number of hydrogen-bond donors (Lipinski definition) is 1. The summed E-state index contributed by atoms with van der Waals surface area (Å²) in [5.74, 6) is 0.0402. The van der Waals surface area contributed by atoms with E-state index in [1.807, 2.05) is 39.0 Å². The van der Waals surface area contributed by atoms with E-state index in [4.69, 9.17) is 4.74 Å². The first-order valence-corrected chi connectivity index (χ1v) is 8.28. The fourth-order valence-corrected chi connectivity index (χ4v) is 2.67. The second kappa shape index (κ2) is 7.83. The van der Waals surface area contributed by atoms with Crippen molar-refractivity contribution in [2.75, 3.05) is 11.9 Å². The predicted octanol–water partition coefficient (Wildman–Crippen LogP) is 3.62. The van der Waals surface area contributed by atoms with Crippen molar-refractivity contribution in [2.45, 2.75) is 34.1 Å². The standard InChI is InChI=1S/C20H24N2O3/c1-6-11-25-18-12-14(4)22(24)17(7-2)19(18)20(23)21-16-10-8-9-13(3)15(16)5/h6,8-10,12H,1,7,11H2,2-5H3,(H,21,23). The van der Waals surface area contributed by atoms with Gasteiger partial charge in [-0.15, -0.1) is 0 Å². The van der Waals surface area contributed by atoms with Crippen LogP contribution in [-0.2, 0) is 6.42 Å². The van der Waals surface area contributed by atoms with Gasteiger partial charge in [-0.2, -0.15) is 4.73 Å². The highest BCUT2D eigenvalue weighted by atomic mass is 16.5. The number of anilines is 1. The van der Waals surface area contributed by atoms with Gasteiger partial charge in [-0.05, 0) is 31.0 Å². The predicted molar refractivity (Wildman–Crippen MR) is 99.1 cm³/mol. The van der Waals surface area contributed by atoms with Crippen LogP contribution in [0.4, 0.5) is 5.69 Å². The monoisotopic (exact) mass is 340 g/mol. The summed E-state index contributed by atoms with van der Waals surface area (Å²) in [7, 11) is 0. The Morgan fingerprint density at radius 3 is 2.72 bits per heavy atom. The number of rotatable bonds is 6. The Hall–Kier alpha value is -2.82. The van der Waals surface area contributed by atoms with Crippen molar-refractivity contribution in [1.82, 2.24) is 0 Å². The van der Waals surface area contributed by atoms with Crippen LogP contribution in [0.25, 0.3) is 0 Å². The Balaban J connectivity index is 2.51. The molecule has 0 unspecified atom stereocenters. The molecule has 0 radical (unpaired) electrons. The quantitative estimate of drug-likeness (QED) is 0.496.